The monoisotopic (exact) mass is 305 g/mol. The van der Waals surface area contributed by atoms with Gasteiger partial charge in [-0.15, -0.1) is 11.3 Å². The zero-order valence-corrected chi connectivity index (χ0v) is 12.3. The standard InChI is InChI=1S/C15H13F2N3S/c1-7-3-10(17)12(4-9(7)16)20-13-6-14-15(5-11(13)18)21-8(2)19-14/h3-6,20H,18H2,1-2H3. The molecule has 0 aliphatic heterocycles. The van der Waals surface area contributed by atoms with Crippen LogP contribution in [0.1, 0.15) is 10.6 Å². The third-order valence-corrected chi connectivity index (χ3v) is 4.12. The van der Waals surface area contributed by atoms with Gasteiger partial charge in [-0.25, -0.2) is 13.8 Å². The minimum Gasteiger partial charge on any atom is -0.397 e. The molecule has 3 N–H and O–H groups in total. The number of hydrogen-bond acceptors (Lipinski definition) is 4. The fourth-order valence-corrected chi connectivity index (χ4v) is 2.96. The van der Waals surface area contributed by atoms with Crippen LogP contribution in [0.3, 0.4) is 0 Å². The third kappa shape index (κ3) is 2.54. The maximum Gasteiger partial charge on any atom is 0.147 e. The molecule has 0 amide bonds. The minimum atomic E-state index is -0.525. The number of thiazole rings is 1. The normalized spacial score (nSPS) is 11.0. The zero-order chi connectivity index (χ0) is 15.1. The SMILES string of the molecule is Cc1nc2cc(Nc3cc(F)c(C)cc3F)c(N)cc2s1. The molecule has 21 heavy (non-hydrogen) atoms. The highest BCUT2D eigenvalue weighted by molar-refractivity contribution is 7.18. The Morgan fingerprint density at radius 2 is 1.81 bits per heavy atom. The number of fused-ring (bicyclic) bond motifs is 1. The quantitative estimate of drug-likeness (QED) is 0.685. The second-order valence-electron chi connectivity index (χ2n) is 4.85. The van der Waals surface area contributed by atoms with Crippen molar-refractivity contribution in [1.82, 2.24) is 4.98 Å². The number of nitrogens with one attached hydrogen (secondary N) is 1. The van der Waals surface area contributed by atoms with Crippen LogP contribution in [0.25, 0.3) is 10.2 Å². The molecule has 1 heterocycles. The van der Waals surface area contributed by atoms with Gasteiger partial charge in [-0.2, -0.15) is 0 Å². The Morgan fingerprint density at radius 3 is 2.57 bits per heavy atom. The number of nitrogens with two attached hydrogens (primary N) is 1. The summed E-state index contributed by atoms with van der Waals surface area (Å²) in [5.41, 5.74) is 8.03. The predicted molar refractivity (Wildman–Crippen MR) is 83.1 cm³/mol. The first-order chi connectivity index (χ1) is 9.94. The number of anilines is 3. The maximum atomic E-state index is 13.9. The summed E-state index contributed by atoms with van der Waals surface area (Å²) in [5, 5.41) is 3.76. The molecule has 2 aromatic carbocycles. The van der Waals surface area contributed by atoms with Crippen LogP contribution in [0.15, 0.2) is 24.3 Å². The molecule has 0 aliphatic carbocycles. The molecule has 0 spiro atoms. The summed E-state index contributed by atoms with van der Waals surface area (Å²) < 4.78 is 28.4. The van der Waals surface area contributed by atoms with E-state index < -0.39 is 11.6 Å². The Kier molecular flexibility index (Phi) is 3.25. The van der Waals surface area contributed by atoms with E-state index in [1.165, 1.54) is 18.3 Å². The lowest BCUT2D eigenvalue weighted by atomic mass is 10.2. The van der Waals surface area contributed by atoms with E-state index in [4.69, 9.17) is 5.73 Å². The summed E-state index contributed by atoms with van der Waals surface area (Å²) in [5.74, 6) is -0.995. The maximum absolute atomic E-state index is 13.9. The first-order valence-electron chi connectivity index (χ1n) is 6.33. The predicted octanol–water partition coefficient (Wildman–Crippen LogP) is 4.52. The Balaban J connectivity index is 2.05. The van der Waals surface area contributed by atoms with Crippen molar-refractivity contribution in [3.8, 4) is 0 Å². The Bertz CT molecular complexity index is 843. The van der Waals surface area contributed by atoms with E-state index in [1.807, 2.05) is 6.92 Å². The van der Waals surface area contributed by atoms with Crippen LogP contribution in [0, 0.1) is 25.5 Å². The number of nitrogens with zero attached hydrogens (tertiary/aromatic N) is 1. The first kappa shape index (κ1) is 13.8. The van der Waals surface area contributed by atoms with Crippen molar-refractivity contribution >= 4 is 38.6 Å². The van der Waals surface area contributed by atoms with Crippen LogP contribution in [0.2, 0.25) is 0 Å². The Morgan fingerprint density at radius 1 is 1.05 bits per heavy atom. The van der Waals surface area contributed by atoms with E-state index in [-0.39, 0.29) is 11.3 Å². The van der Waals surface area contributed by atoms with Crippen LogP contribution in [-0.2, 0) is 0 Å². The van der Waals surface area contributed by atoms with Crippen molar-refractivity contribution in [3.63, 3.8) is 0 Å². The van der Waals surface area contributed by atoms with Gasteiger partial charge in [0, 0.05) is 6.07 Å². The number of halogens is 2. The fraction of sp³-hybridized carbons (Fsp3) is 0.133. The van der Waals surface area contributed by atoms with Crippen LogP contribution < -0.4 is 11.1 Å². The van der Waals surface area contributed by atoms with E-state index in [2.05, 4.69) is 10.3 Å². The first-order valence-corrected chi connectivity index (χ1v) is 7.15. The largest absolute Gasteiger partial charge is 0.397 e. The highest BCUT2D eigenvalue weighted by Gasteiger charge is 2.11. The van der Waals surface area contributed by atoms with E-state index in [0.29, 0.717) is 11.4 Å². The molecule has 3 rings (SSSR count). The van der Waals surface area contributed by atoms with Gasteiger partial charge in [0.05, 0.1) is 32.3 Å². The number of aryl methyl sites for hydroxylation is 2. The molecule has 0 fully saturated rings. The summed E-state index contributed by atoms with van der Waals surface area (Å²) in [6, 6.07) is 5.80. The van der Waals surface area contributed by atoms with Gasteiger partial charge >= 0.3 is 0 Å². The second kappa shape index (κ2) is 4.96. The highest BCUT2D eigenvalue weighted by atomic mass is 32.1. The number of nitrogen functional groups attached to an aromatic ring is 1. The average Bonchev–Trinajstić information content (AvgIpc) is 2.75. The molecule has 0 saturated heterocycles. The van der Waals surface area contributed by atoms with Crippen molar-refractivity contribution in [3.05, 3.63) is 46.5 Å². The van der Waals surface area contributed by atoms with E-state index >= 15 is 0 Å². The highest BCUT2D eigenvalue weighted by Crippen LogP contribution is 2.32. The van der Waals surface area contributed by atoms with Gasteiger partial charge in [0.25, 0.3) is 0 Å². The topological polar surface area (TPSA) is 50.9 Å². The number of aromatic nitrogens is 1. The van der Waals surface area contributed by atoms with Gasteiger partial charge in [-0.05, 0) is 37.6 Å². The lowest BCUT2D eigenvalue weighted by molar-refractivity contribution is 0.595. The smallest absolute Gasteiger partial charge is 0.147 e. The molecule has 108 valence electrons. The van der Waals surface area contributed by atoms with Crippen molar-refractivity contribution < 1.29 is 8.78 Å². The van der Waals surface area contributed by atoms with Crippen LogP contribution in [0.4, 0.5) is 25.8 Å². The summed E-state index contributed by atoms with van der Waals surface area (Å²) >= 11 is 1.54. The van der Waals surface area contributed by atoms with E-state index in [9.17, 15) is 8.78 Å². The van der Waals surface area contributed by atoms with Gasteiger partial charge in [0.1, 0.15) is 11.6 Å². The summed E-state index contributed by atoms with van der Waals surface area (Å²) in [4.78, 5) is 4.37. The molecule has 0 radical (unpaired) electrons. The van der Waals surface area contributed by atoms with Crippen LogP contribution >= 0.6 is 11.3 Å². The van der Waals surface area contributed by atoms with Crippen molar-refractivity contribution in [2.75, 3.05) is 11.1 Å². The number of rotatable bonds is 2. The Hall–Kier alpha value is -2.21. The molecule has 6 heteroatoms. The molecule has 0 unspecified atom stereocenters. The molecule has 1 aromatic heterocycles. The fourth-order valence-electron chi connectivity index (χ4n) is 2.10. The lowest BCUT2D eigenvalue weighted by Crippen LogP contribution is -2.00. The molecular weight excluding hydrogens is 292 g/mol. The number of hydrogen-bond donors (Lipinski definition) is 2. The van der Waals surface area contributed by atoms with Gasteiger partial charge < -0.3 is 11.1 Å². The second-order valence-corrected chi connectivity index (χ2v) is 6.08. The molecular formula is C15H13F2N3S. The molecule has 0 saturated carbocycles. The van der Waals surface area contributed by atoms with Gasteiger partial charge in [0.2, 0.25) is 0 Å². The molecule has 0 bridgehead atoms. The summed E-state index contributed by atoms with van der Waals surface area (Å²) in [7, 11) is 0. The average molecular weight is 305 g/mol. The van der Waals surface area contributed by atoms with Gasteiger partial charge in [-0.1, -0.05) is 0 Å². The van der Waals surface area contributed by atoms with Gasteiger partial charge in [0.15, 0.2) is 0 Å². The van der Waals surface area contributed by atoms with Crippen LogP contribution in [-0.4, -0.2) is 4.98 Å². The van der Waals surface area contributed by atoms with Crippen molar-refractivity contribution in [2.45, 2.75) is 13.8 Å². The van der Waals surface area contributed by atoms with E-state index in [0.717, 1.165) is 27.4 Å². The van der Waals surface area contributed by atoms with Crippen molar-refractivity contribution in [1.29, 1.82) is 0 Å². The molecule has 0 aliphatic rings. The molecule has 3 nitrogen and oxygen atoms in total. The molecule has 3 aromatic rings. The van der Waals surface area contributed by atoms with E-state index in [1.54, 1.807) is 12.1 Å². The molecule has 0 atom stereocenters. The lowest BCUT2D eigenvalue weighted by Gasteiger charge is -2.11. The third-order valence-electron chi connectivity index (χ3n) is 3.18. The van der Waals surface area contributed by atoms with Gasteiger partial charge in [-0.3, -0.25) is 0 Å². The number of benzene rings is 2. The Labute approximate surface area is 124 Å². The minimum absolute atomic E-state index is 0.0519. The van der Waals surface area contributed by atoms with Crippen LogP contribution in [0.5, 0.6) is 0 Å². The van der Waals surface area contributed by atoms with Crippen molar-refractivity contribution in [2.24, 2.45) is 0 Å². The summed E-state index contributed by atoms with van der Waals surface area (Å²) in [6.07, 6.45) is 0. The summed E-state index contributed by atoms with van der Waals surface area (Å²) in [6.45, 7) is 3.42. The zero-order valence-electron chi connectivity index (χ0n) is 11.5.